The number of halogens is 3. The van der Waals surface area contributed by atoms with Gasteiger partial charge in [-0.1, -0.05) is 0 Å². The predicted molar refractivity (Wildman–Crippen MR) is 131 cm³/mol. The molecule has 1 saturated heterocycles. The molecule has 2 atom stereocenters. The van der Waals surface area contributed by atoms with Crippen LogP contribution in [0.4, 0.5) is 13.6 Å². The van der Waals surface area contributed by atoms with E-state index in [0.717, 1.165) is 25.7 Å². The highest BCUT2D eigenvalue weighted by molar-refractivity contribution is 5.94. The minimum Gasteiger partial charge on any atom is -0.489 e. The Bertz CT molecular complexity index is 1100. The molecule has 2 fully saturated rings. The van der Waals surface area contributed by atoms with E-state index in [4.69, 9.17) is 19.6 Å². The van der Waals surface area contributed by atoms with Crippen LogP contribution in [-0.2, 0) is 4.74 Å². The molecule has 0 spiro atoms. The Hall–Kier alpha value is -3.12. The lowest BCUT2D eigenvalue weighted by molar-refractivity contribution is -0.0515. The van der Waals surface area contributed by atoms with Gasteiger partial charge in [-0.2, -0.15) is 8.78 Å². The number of benzene rings is 1. The first kappa shape index (κ1) is 28.5. The molecule has 4 rings (SSSR count). The summed E-state index contributed by atoms with van der Waals surface area (Å²) in [6.45, 7) is -0.190. The minimum atomic E-state index is -3.00. The summed E-state index contributed by atoms with van der Waals surface area (Å²) >= 11 is 0. The molecule has 204 valence electrons. The number of nitrogens with one attached hydrogen (secondary N) is 1. The van der Waals surface area contributed by atoms with E-state index in [-0.39, 0.29) is 53.8 Å². The number of amides is 2. The maximum atomic E-state index is 13.0. The van der Waals surface area contributed by atoms with Crippen LogP contribution < -0.4 is 20.5 Å². The fourth-order valence-corrected chi connectivity index (χ4v) is 4.07. The van der Waals surface area contributed by atoms with Crippen LogP contribution in [0.5, 0.6) is 11.5 Å². The summed E-state index contributed by atoms with van der Waals surface area (Å²) < 4.78 is 46.6. The van der Waals surface area contributed by atoms with Crippen LogP contribution in [0.3, 0.4) is 0 Å². The average Bonchev–Trinajstić information content (AvgIpc) is 3.37. The van der Waals surface area contributed by atoms with Gasteiger partial charge >= 0.3 is 12.7 Å². The molecule has 1 aliphatic heterocycles. The second-order valence-electron chi connectivity index (χ2n) is 8.98. The lowest BCUT2D eigenvalue weighted by Crippen LogP contribution is -2.43. The molecule has 2 amide bonds. The number of oxazole rings is 1. The second kappa shape index (κ2) is 12.4. The van der Waals surface area contributed by atoms with Crippen LogP contribution in [0.15, 0.2) is 22.6 Å². The van der Waals surface area contributed by atoms with Gasteiger partial charge in [0.15, 0.2) is 23.0 Å². The zero-order chi connectivity index (χ0) is 25.8. The number of hydrogen-bond acceptors (Lipinski definition) is 8. The Labute approximate surface area is 219 Å². The van der Waals surface area contributed by atoms with Crippen molar-refractivity contribution < 1.29 is 37.0 Å². The van der Waals surface area contributed by atoms with Gasteiger partial charge in [-0.3, -0.25) is 4.79 Å². The van der Waals surface area contributed by atoms with Gasteiger partial charge in [-0.15, -0.1) is 12.4 Å². The summed E-state index contributed by atoms with van der Waals surface area (Å²) in [5.41, 5.74) is 6.45. The highest BCUT2D eigenvalue weighted by Crippen LogP contribution is 2.37. The highest BCUT2D eigenvalue weighted by atomic mass is 35.5. The van der Waals surface area contributed by atoms with Crippen molar-refractivity contribution >= 4 is 24.4 Å². The quantitative estimate of drug-likeness (QED) is 0.457. The summed E-state index contributed by atoms with van der Waals surface area (Å²) in [4.78, 5) is 30.8. The van der Waals surface area contributed by atoms with Gasteiger partial charge in [0.2, 0.25) is 5.89 Å². The van der Waals surface area contributed by atoms with E-state index in [1.54, 1.807) is 11.8 Å². The van der Waals surface area contributed by atoms with Crippen LogP contribution in [0.1, 0.15) is 54.9 Å². The van der Waals surface area contributed by atoms with Crippen LogP contribution in [0.2, 0.25) is 0 Å². The Morgan fingerprint density at radius 3 is 2.68 bits per heavy atom. The largest absolute Gasteiger partial charge is 0.489 e. The van der Waals surface area contributed by atoms with Crippen molar-refractivity contribution in [1.82, 2.24) is 15.2 Å². The number of carbonyl (C=O) groups is 2. The average molecular weight is 545 g/mol. The molecular formula is C24H31ClF2N4O6. The molecule has 2 heterocycles. The van der Waals surface area contributed by atoms with E-state index >= 15 is 0 Å². The van der Waals surface area contributed by atoms with E-state index in [2.05, 4.69) is 15.0 Å². The molecule has 1 aromatic carbocycles. The van der Waals surface area contributed by atoms with Gasteiger partial charge < -0.3 is 34.6 Å². The second-order valence-corrected chi connectivity index (χ2v) is 8.98. The fraction of sp³-hybridized carbons (Fsp3) is 0.542. The number of carbonyl (C=O) groups excluding carboxylic acids is 2. The molecule has 0 bridgehead atoms. The summed E-state index contributed by atoms with van der Waals surface area (Å²) in [6, 6.07) is 3.50. The third-order valence-corrected chi connectivity index (χ3v) is 6.14. The molecule has 37 heavy (non-hydrogen) atoms. The lowest BCUT2D eigenvalue weighted by Gasteiger charge is -2.23. The smallest absolute Gasteiger partial charge is 0.409 e. The molecule has 3 N–H and O–H groups in total. The van der Waals surface area contributed by atoms with E-state index < -0.39 is 24.7 Å². The summed E-state index contributed by atoms with van der Waals surface area (Å²) in [5.74, 6) is 0.187. The summed E-state index contributed by atoms with van der Waals surface area (Å²) in [5, 5.41) is 2.80. The van der Waals surface area contributed by atoms with Gasteiger partial charge in [-0.25, -0.2) is 9.78 Å². The number of likely N-dealkylation sites (tertiary alicyclic amines) is 1. The number of nitrogens with zero attached hydrogens (tertiary/aromatic N) is 2. The fourth-order valence-electron chi connectivity index (χ4n) is 4.07. The molecule has 1 aromatic heterocycles. The molecule has 13 heteroatoms. The number of alkyl halides is 2. The zero-order valence-electron chi connectivity index (χ0n) is 20.6. The number of ether oxygens (including phenoxy) is 3. The van der Waals surface area contributed by atoms with Gasteiger partial charge in [0.25, 0.3) is 5.91 Å². The molecule has 10 nitrogen and oxygen atoms in total. The molecule has 1 unspecified atom stereocenters. The number of hydrogen-bond donors (Lipinski definition) is 2. The number of aromatic nitrogens is 1. The molecule has 1 saturated carbocycles. The Balaban J connectivity index is 0.00000380. The highest BCUT2D eigenvalue weighted by Gasteiger charge is 2.31. The van der Waals surface area contributed by atoms with E-state index in [9.17, 15) is 18.4 Å². The number of nitrogens with two attached hydrogens (primary N) is 1. The maximum Gasteiger partial charge on any atom is 0.409 e. The van der Waals surface area contributed by atoms with E-state index in [0.29, 0.717) is 24.6 Å². The first-order chi connectivity index (χ1) is 17.3. The van der Waals surface area contributed by atoms with Crippen molar-refractivity contribution in [3.63, 3.8) is 0 Å². The molecule has 2 aromatic rings. The van der Waals surface area contributed by atoms with Crippen molar-refractivity contribution in [2.75, 3.05) is 26.8 Å². The van der Waals surface area contributed by atoms with Crippen molar-refractivity contribution in [3.8, 4) is 23.0 Å². The number of methoxy groups -OCH3 is 1. The molecule has 0 radical (unpaired) electrons. The third kappa shape index (κ3) is 7.01. The van der Waals surface area contributed by atoms with Crippen molar-refractivity contribution in [1.29, 1.82) is 0 Å². The van der Waals surface area contributed by atoms with Gasteiger partial charge in [0, 0.05) is 18.7 Å². The SMILES string of the molecule is COC(=O)N1CCCC1CNC(=O)c1nc(-c2ccc(OC(F)F)c(OCC3CC3)c2)oc1[C@H](C)N.Cl. The Morgan fingerprint density at radius 1 is 1.27 bits per heavy atom. The first-order valence-corrected chi connectivity index (χ1v) is 11.9. The van der Waals surface area contributed by atoms with Gasteiger partial charge in [0.1, 0.15) is 0 Å². The van der Waals surface area contributed by atoms with Gasteiger partial charge in [0.05, 0.1) is 25.8 Å². The van der Waals surface area contributed by atoms with Crippen LogP contribution >= 0.6 is 12.4 Å². The van der Waals surface area contributed by atoms with Crippen molar-refractivity contribution in [2.45, 2.75) is 51.3 Å². The molecule has 2 aliphatic rings. The Morgan fingerprint density at radius 2 is 2.03 bits per heavy atom. The molecule has 1 aliphatic carbocycles. The lowest BCUT2D eigenvalue weighted by atomic mass is 10.2. The zero-order valence-corrected chi connectivity index (χ0v) is 21.4. The first-order valence-electron chi connectivity index (χ1n) is 11.9. The maximum absolute atomic E-state index is 13.0. The monoisotopic (exact) mass is 544 g/mol. The Kier molecular flexibility index (Phi) is 9.55. The van der Waals surface area contributed by atoms with E-state index in [1.807, 2.05) is 0 Å². The van der Waals surface area contributed by atoms with E-state index in [1.165, 1.54) is 25.3 Å². The standard InChI is InChI=1S/C24H30F2N4O6.ClH/c1-13(27)20-19(21(31)28-11-16-4-3-9-30(16)24(32)33-2)29-22(36-20)15-7-8-17(35-23(25)26)18(10-15)34-12-14-5-6-14;/h7-8,10,13-14,16,23H,3-6,9,11-12,27H2,1-2H3,(H,28,31);1H/t13-,16?;/m0./s1. The van der Waals surface area contributed by atoms with Crippen LogP contribution in [0.25, 0.3) is 11.5 Å². The normalized spacial score (nSPS) is 17.8. The van der Waals surface area contributed by atoms with Crippen molar-refractivity contribution in [2.24, 2.45) is 11.7 Å². The predicted octanol–water partition coefficient (Wildman–Crippen LogP) is 4.13. The van der Waals surface area contributed by atoms with Crippen molar-refractivity contribution in [3.05, 3.63) is 29.7 Å². The topological polar surface area (TPSA) is 129 Å². The molecular weight excluding hydrogens is 514 g/mol. The summed E-state index contributed by atoms with van der Waals surface area (Å²) in [7, 11) is 1.32. The van der Waals surface area contributed by atoms with Crippen LogP contribution in [-0.4, -0.2) is 61.3 Å². The number of rotatable bonds is 10. The minimum absolute atomic E-state index is 0. The van der Waals surface area contributed by atoms with Crippen LogP contribution in [0, 0.1) is 5.92 Å². The van der Waals surface area contributed by atoms with Gasteiger partial charge in [-0.05, 0) is 56.7 Å². The third-order valence-electron chi connectivity index (χ3n) is 6.14. The summed E-state index contributed by atoms with van der Waals surface area (Å²) in [6.07, 6.45) is 3.16.